The second-order valence-corrected chi connectivity index (χ2v) is 10.8. The van der Waals surface area contributed by atoms with Crippen LogP contribution < -0.4 is 10.1 Å². The van der Waals surface area contributed by atoms with Gasteiger partial charge < -0.3 is 4.74 Å². The Morgan fingerprint density at radius 2 is 1.82 bits per heavy atom. The number of rotatable bonds is 7. The summed E-state index contributed by atoms with van der Waals surface area (Å²) in [5.74, 6) is -2.82. The lowest BCUT2D eigenvalue weighted by atomic mass is 10.1. The molecule has 3 aromatic rings. The van der Waals surface area contributed by atoms with E-state index >= 15 is 0 Å². The van der Waals surface area contributed by atoms with Crippen molar-refractivity contribution < 1.29 is 26.7 Å². The molecular formula is C22H20ClF2N3O4S2. The van der Waals surface area contributed by atoms with Crippen molar-refractivity contribution in [3.63, 3.8) is 0 Å². The van der Waals surface area contributed by atoms with Gasteiger partial charge in [-0.1, -0.05) is 30.2 Å². The van der Waals surface area contributed by atoms with Crippen LogP contribution in [-0.4, -0.2) is 36.7 Å². The monoisotopic (exact) mass is 527 g/mol. The van der Waals surface area contributed by atoms with Crippen molar-refractivity contribution >= 4 is 44.0 Å². The second-order valence-electron chi connectivity index (χ2n) is 7.57. The van der Waals surface area contributed by atoms with E-state index in [1.165, 1.54) is 34.0 Å². The van der Waals surface area contributed by atoms with Crippen molar-refractivity contribution in [2.45, 2.75) is 30.3 Å². The van der Waals surface area contributed by atoms with Crippen molar-refractivity contribution in [2.24, 2.45) is 0 Å². The molecule has 2 aromatic carbocycles. The number of nitrogens with one attached hydrogen (secondary N) is 1. The van der Waals surface area contributed by atoms with Gasteiger partial charge in [0.05, 0.1) is 4.90 Å². The SMILES string of the molecule is O=C(Nc1nc(Cl)cs1)C(Oc1ccc(F)cc1F)c1ccc(S(=O)(=O)N2CCCCC2)cc1. The molecule has 1 amide bonds. The molecule has 1 aromatic heterocycles. The van der Waals surface area contributed by atoms with Gasteiger partial charge in [0, 0.05) is 30.1 Å². The summed E-state index contributed by atoms with van der Waals surface area (Å²) >= 11 is 6.89. The smallest absolute Gasteiger partial charge is 0.271 e. The number of aromatic nitrogens is 1. The van der Waals surface area contributed by atoms with Gasteiger partial charge in [-0.05, 0) is 37.1 Å². The van der Waals surface area contributed by atoms with E-state index < -0.39 is 33.7 Å². The molecule has 1 unspecified atom stereocenters. The zero-order valence-electron chi connectivity index (χ0n) is 17.7. The summed E-state index contributed by atoms with van der Waals surface area (Å²) in [5, 5.41) is 4.46. The summed E-state index contributed by atoms with van der Waals surface area (Å²) in [6.07, 6.45) is 1.22. The molecule has 12 heteroatoms. The number of nitrogens with zero attached hydrogens (tertiary/aromatic N) is 2. The van der Waals surface area contributed by atoms with Gasteiger partial charge in [0.1, 0.15) is 11.0 Å². The Kier molecular flexibility index (Phi) is 7.46. The van der Waals surface area contributed by atoms with Gasteiger partial charge in [0.25, 0.3) is 5.91 Å². The minimum atomic E-state index is -3.67. The maximum absolute atomic E-state index is 14.2. The van der Waals surface area contributed by atoms with Crippen LogP contribution >= 0.6 is 22.9 Å². The number of anilines is 1. The first-order valence-electron chi connectivity index (χ1n) is 10.4. The number of thiazole rings is 1. The van der Waals surface area contributed by atoms with Gasteiger partial charge in [-0.2, -0.15) is 4.31 Å². The normalized spacial score (nSPS) is 15.6. The Balaban J connectivity index is 1.62. The fraction of sp³-hybridized carbons (Fsp3) is 0.273. The van der Waals surface area contributed by atoms with Gasteiger partial charge in [0.15, 0.2) is 16.7 Å². The molecule has 0 aliphatic carbocycles. The highest BCUT2D eigenvalue weighted by Gasteiger charge is 2.28. The summed E-state index contributed by atoms with van der Waals surface area (Å²) in [5.41, 5.74) is 0.265. The first-order chi connectivity index (χ1) is 16.2. The number of hydrogen-bond acceptors (Lipinski definition) is 6. The van der Waals surface area contributed by atoms with Crippen molar-refractivity contribution in [3.05, 3.63) is 70.2 Å². The van der Waals surface area contributed by atoms with E-state index in [0.29, 0.717) is 19.2 Å². The minimum Gasteiger partial charge on any atom is -0.473 e. The number of carbonyl (C=O) groups is 1. The third-order valence-electron chi connectivity index (χ3n) is 5.22. The Labute approximate surface area is 204 Å². The summed E-state index contributed by atoms with van der Waals surface area (Å²) < 4.78 is 60.4. The van der Waals surface area contributed by atoms with E-state index in [0.717, 1.165) is 42.7 Å². The first kappa shape index (κ1) is 24.5. The molecule has 0 radical (unpaired) electrons. The van der Waals surface area contributed by atoms with Crippen LogP contribution in [0, 0.1) is 11.6 Å². The average Bonchev–Trinajstić information content (AvgIpc) is 3.23. The number of ether oxygens (including phenoxy) is 1. The molecular weight excluding hydrogens is 508 g/mol. The number of halogens is 3. The van der Waals surface area contributed by atoms with E-state index in [4.69, 9.17) is 16.3 Å². The first-order valence-corrected chi connectivity index (χ1v) is 13.1. The number of benzene rings is 2. The highest BCUT2D eigenvalue weighted by atomic mass is 35.5. The second kappa shape index (κ2) is 10.3. The molecule has 0 bridgehead atoms. The number of sulfonamides is 1. The maximum atomic E-state index is 14.2. The van der Waals surface area contributed by atoms with Crippen LogP contribution in [-0.2, 0) is 14.8 Å². The maximum Gasteiger partial charge on any atom is 0.271 e. The predicted octanol–water partition coefficient (Wildman–Crippen LogP) is 5.01. The number of piperidine rings is 1. The zero-order chi connectivity index (χ0) is 24.3. The van der Waals surface area contributed by atoms with Crippen molar-refractivity contribution in [2.75, 3.05) is 18.4 Å². The molecule has 2 heterocycles. The number of hydrogen-bond donors (Lipinski definition) is 1. The van der Waals surface area contributed by atoms with Crippen LogP contribution in [0.4, 0.5) is 13.9 Å². The van der Waals surface area contributed by atoms with E-state index in [9.17, 15) is 22.0 Å². The molecule has 4 rings (SSSR count). The molecule has 34 heavy (non-hydrogen) atoms. The van der Waals surface area contributed by atoms with Crippen LogP contribution in [0.3, 0.4) is 0 Å². The Bertz CT molecular complexity index is 1280. The van der Waals surface area contributed by atoms with Gasteiger partial charge >= 0.3 is 0 Å². The Hall–Kier alpha value is -2.60. The lowest BCUT2D eigenvalue weighted by Gasteiger charge is -2.26. The fourth-order valence-corrected chi connectivity index (χ4v) is 5.88. The molecule has 0 spiro atoms. The molecule has 1 aliphatic rings. The summed E-state index contributed by atoms with van der Waals surface area (Å²) in [6.45, 7) is 0.914. The average molecular weight is 528 g/mol. The van der Waals surface area contributed by atoms with Gasteiger partial charge in [-0.25, -0.2) is 22.2 Å². The fourth-order valence-electron chi connectivity index (χ4n) is 3.52. The van der Waals surface area contributed by atoms with Crippen LogP contribution in [0.5, 0.6) is 5.75 Å². The molecule has 1 fully saturated rings. The van der Waals surface area contributed by atoms with Crippen LogP contribution in [0.1, 0.15) is 30.9 Å². The van der Waals surface area contributed by atoms with Crippen LogP contribution in [0.2, 0.25) is 5.15 Å². The van der Waals surface area contributed by atoms with Gasteiger partial charge in [0.2, 0.25) is 16.1 Å². The minimum absolute atomic E-state index is 0.0805. The summed E-state index contributed by atoms with van der Waals surface area (Å²) in [4.78, 5) is 17.0. The Morgan fingerprint density at radius 1 is 1.12 bits per heavy atom. The summed E-state index contributed by atoms with van der Waals surface area (Å²) in [7, 11) is -3.67. The predicted molar refractivity (Wildman–Crippen MR) is 125 cm³/mol. The highest BCUT2D eigenvalue weighted by molar-refractivity contribution is 7.89. The highest BCUT2D eigenvalue weighted by Crippen LogP contribution is 2.29. The molecule has 7 nitrogen and oxygen atoms in total. The zero-order valence-corrected chi connectivity index (χ0v) is 20.1. The molecule has 0 saturated carbocycles. The number of carbonyl (C=O) groups excluding carboxylic acids is 1. The summed E-state index contributed by atoms with van der Waals surface area (Å²) in [6, 6.07) is 8.32. The standard InChI is InChI=1S/C22H20ClF2N3O4S2/c23-19-13-33-22(26-19)27-21(29)20(32-18-9-6-15(24)12-17(18)25)14-4-7-16(8-5-14)34(30,31)28-10-2-1-3-11-28/h4-9,12-13,20H,1-3,10-11H2,(H,26,27,29). The molecule has 1 saturated heterocycles. The largest absolute Gasteiger partial charge is 0.473 e. The van der Waals surface area contributed by atoms with E-state index in [-0.39, 0.29) is 26.5 Å². The number of amides is 1. The quantitative estimate of drug-likeness (QED) is 0.466. The van der Waals surface area contributed by atoms with Gasteiger partial charge in [-0.15, -0.1) is 11.3 Å². The third kappa shape index (κ3) is 5.54. The van der Waals surface area contributed by atoms with Crippen molar-refractivity contribution in [1.82, 2.24) is 9.29 Å². The van der Waals surface area contributed by atoms with Crippen molar-refractivity contribution in [3.8, 4) is 5.75 Å². The van der Waals surface area contributed by atoms with Crippen molar-refractivity contribution in [1.29, 1.82) is 0 Å². The molecule has 1 aliphatic heterocycles. The van der Waals surface area contributed by atoms with E-state index in [1.807, 2.05) is 0 Å². The van der Waals surface area contributed by atoms with Crippen LogP contribution in [0.15, 0.2) is 52.7 Å². The molecule has 1 atom stereocenters. The Morgan fingerprint density at radius 3 is 2.44 bits per heavy atom. The van der Waals surface area contributed by atoms with Crippen LogP contribution in [0.25, 0.3) is 0 Å². The lowest BCUT2D eigenvalue weighted by molar-refractivity contribution is -0.123. The molecule has 1 N–H and O–H groups in total. The van der Waals surface area contributed by atoms with E-state index in [2.05, 4.69) is 10.3 Å². The molecule has 180 valence electrons. The third-order valence-corrected chi connectivity index (χ3v) is 8.21. The van der Waals surface area contributed by atoms with E-state index in [1.54, 1.807) is 0 Å². The lowest BCUT2D eigenvalue weighted by Crippen LogP contribution is -2.35. The topological polar surface area (TPSA) is 88.6 Å². The van der Waals surface area contributed by atoms with Gasteiger partial charge in [-0.3, -0.25) is 10.1 Å².